The van der Waals surface area contributed by atoms with Crippen molar-refractivity contribution in [1.82, 2.24) is 4.90 Å². The van der Waals surface area contributed by atoms with Crippen molar-refractivity contribution < 1.29 is 19.0 Å². The lowest BCUT2D eigenvalue weighted by atomic mass is 10.2. The van der Waals surface area contributed by atoms with Crippen LogP contribution < -0.4 is 19.1 Å². The predicted octanol–water partition coefficient (Wildman–Crippen LogP) is 5.02. The van der Waals surface area contributed by atoms with E-state index in [0.29, 0.717) is 12.4 Å². The summed E-state index contributed by atoms with van der Waals surface area (Å²) in [7, 11) is 1.63. The Balaban J connectivity index is 2.07. The van der Waals surface area contributed by atoms with Crippen molar-refractivity contribution in [3.05, 3.63) is 48.5 Å². The minimum atomic E-state index is -0.0851. The van der Waals surface area contributed by atoms with Crippen molar-refractivity contribution in [1.29, 1.82) is 0 Å². The fourth-order valence-corrected chi connectivity index (χ4v) is 3.51. The maximum absolute atomic E-state index is 13.2. The molecule has 1 atom stereocenters. The molecule has 6 nitrogen and oxygen atoms in total. The second-order valence-corrected chi connectivity index (χ2v) is 7.76. The topological polar surface area (TPSA) is 51.2 Å². The number of anilines is 1. The lowest BCUT2D eigenvalue weighted by Crippen LogP contribution is -2.47. The third-order valence-electron chi connectivity index (χ3n) is 5.43. The molecule has 32 heavy (non-hydrogen) atoms. The summed E-state index contributed by atoms with van der Waals surface area (Å²) >= 11 is 0. The second kappa shape index (κ2) is 13.6. The molecule has 176 valence electrons. The zero-order chi connectivity index (χ0) is 23.3. The quantitative estimate of drug-likeness (QED) is 0.385. The minimum absolute atomic E-state index is 0.00580. The van der Waals surface area contributed by atoms with Gasteiger partial charge in [-0.3, -0.25) is 4.79 Å². The Hall–Kier alpha value is -2.73. The normalized spacial score (nSPS) is 11.8. The SMILES string of the molecule is CCCCOc1ccc(OCC(=O)N(c2ccc(OC)cc2)C(C)CN(CC)CC)cc1. The molecule has 0 fully saturated rings. The number of unbranched alkanes of at least 4 members (excludes halogenated alkanes) is 1. The fraction of sp³-hybridized carbons (Fsp3) is 0.500. The monoisotopic (exact) mass is 442 g/mol. The highest BCUT2D eigenvalue weighted by atomic mass is 16.5. The van der Waals surface area contributed by atoms with Crippen LogP contribution in [0.15, 0.2) is 48.5 Å². The molecule has 0 spiro atoms. The number of rotatable bonds is 14. The Morgan fingerprint density at radius 2 is 1.44 bits per heavy atom. The van der Waals surface area contributed by atoms with Crippen LogP contribution in [0, 0.1) is 0 Å². The summed E-state index contributed by atoms with van der Waals surface area (Å²) in [5.41, 5.74) is 0.832. The van der Waals surface area contributed by atoms with Gasteiger partial charge in [0.2, 0.25) is 0 Å². The average Bonchev–Trinajstić information content (AvgIpc) is 2.82. The first-order valence-corrected chi connectivity index (χ1v) is 11.6. The maximum Gasteiger partial charge on any atom is 0.265 e. The van der Waals surface area contributed by atoms with E-state index in [4.69, 9.17) is 14.2 Å². The lowest BCUT2D eigenvalue weighted by molar-refractivity contribution is -0.121. The summed E-state index contributed by atoms with van der Waals surface area (Å²) in [4.78, 5) is 17.4. The van der Waals surface area contributed by atoms with E-state index >= 15 is 0 Å². The minimum Gasteiger partial charge on any atom is -0.497 e. The van der Waals surface area contributed by atoms with Crippen LogP contribution in [-0.4, -0.2) is 56.8 Å². The van der Waals surface area contributed by atoms with Gasteiger partial charge in [0.25, 0.3) is 5.91 Å². The van der Waals surface area contributed by atoms with Crippen molar-refractivity contribution in [2.24, 2.45) is 0 Å². The van der Waals surface area contributed by atoms with Crippen LogP contribution in [0.5, 0.6) is 17.2 Å². The van der Waals surface area contributed by atoms with Crippen LogP contribution in [0.3, 0.4) is 0 Å². The first kappa shape index (κ1) is 25.5. The van der Waals surface area contributed by atoms with Crippen molar-refractivity contribution in [2.45, 2.75) is 46.6 Å². The lowest BCUT2D eigenvalue weighted by Gasteiger charge is -2.33. The maximum atomic E-state index is 13.2. The molecule has 0 radical (unpaired) electrons. The number of likely N-dealkylation sites (N-methyl/N-ethyl adjacent to an activating group) is 1. The molecule has 0 aliphatic carbocycles. The van der Waals surface area contributed by atoms with Crippen molar-refractivity contribution >= 4 is 11.6 Å². The van der Waals surface area contributed by atoms with Crippen LogP contribution in [0.25, 0.3) is 0 Å². The van der Waals surface area contributed by atoms with E-state index in [0.717, 1.165) is 49.7 Å². The summed E-state index contributed by atoms with van der Waals surface area (Å²) in [6.45, 7) is 11.8. The van der Waals surface area contributed by atoms with E-state index in [1.54, 1.807) is 7.11 Å². The van der Waals surface area contributed by atoms with Crippen LogP contribution in [0.2, 0.25) is 0 Å². The summed E-state index contributed by atoms with van der Waals surface area (Å²) in [6.07, 6.45) is 2.13. The van der Waals surface area contributed by atoms with Gasteiger partial charge in [0.05, 0.1) is 13.7 Å². The van der Waals surface area contributed by atoms with E-state index in [-0.39, 0.29) is 18.6 Å². The van der Waals surface area contributed by atoms with Gasteiger partial charge in [0.1, 0.15) is 17.2 Å². The highest BCUT2D eigenvalue weighted by Crippen LogP contribution is 2.23. The summed E-state index contributed by atoms with van der Waals surface area (Å²) < 4.78 is 16.8. The van der Waals surface area contributed by atoms with Gasteiger partial charge in [-0.15, -0.1) is 0 Å². The Labute approximate surface area is 193 Å². The van der Waals surface area contributed by atoms with Gasteiger partial charge in [0, 0.05) is 18.3 Å². The van der Waals surface area contributed by atoms with E-state index < -0.39 is 0 Å². The summed E-state index contributed by atoms with van der Waals surface area (Å²) in [5, 5.41) is 0. The molecule has 2 aromatic carbocycles. The van der Waals surface area contributed by atoms with Crippen LogP contribution in [0.1, 0.15) is 40.5 Å². The predicted molar refractivity (Wildman–Crippen MR) is 130 cm³/mol. The van der Waals surface area contributed by atoms with Crippen molar-refractivity contribution in [2.75, 3.05) is 44.9 Å². The zero-order valence-electron chi connectivity index (χ0n) is 20.2. The number of nitrogens with zero attached hydrogens (tertiary/aromatic N) is 2. The summed E-state index contributed by atoms with van der Waals surface area (Å²) in [5.74, 6) is 2.13. The fourth-order valence-electron chi connectivity index (χ4n) is 3.51. The van der Waals surface area contributed by atoms with Gasteiger partial charge in [-0.1, -0.05) is 27.2 Å². The number of benzene rings is 2. The molecule has 0 saturated carbocycles. The van der Waals surface area contributed by atoms with E-state index in [1.807, 2.05) is 53.4 Å². The van der Waals surface area contributed by atoms with Gasteiger partial charge < -0.3 is 24.0 Å². The molecule has 0 aliphatic heterocycles. The third kappa shape index (κ3) is 7.75. The zero-order valence-corrected chi connectivity index (χ0v) is 20.2. The molecule has 1 amide bonds. The van der Waals surface area contributed by atoms with Gasteiger partial charge in [-0.2, -0.15) is 0 Å². The largest absolute Gasteiger partial charge is 0.497 e. The number of hydrogen-bond acceptors (Lipinski definition) is 5. The Morgan fingerprint density at radius 3 is 1.97 bits per heavy atom. The van der Waals surface area contributed by atoms with E-state index in [2.05, 4.69) is 32.6 Å². The Kier molecular flexibility index (Phi) is 10.9. The molecule has 2 rings (SSSR count). The number of amides is 1. The third-order valence-corrected chi connectivity index (χ3v) is 5.43. The van der Waals surface area contributed by atoms with Crippen LogP contribution >= 0.6 is 0 Å². The molecule has 6 heteroatoms. The van der Waals surface area contributed by atoms with Crippen LogP contribution in [-0.2, 0) is 4.79 Å². The molecular weight excluding hydrogens is 404 g/mol. The number of carbonyl (C=O) groups excluding carboxylic acids is 1. The molecular formula is C26H38N2O4. The van der Waals surface area contributed by atoms with E-state index in [9.17, 15) is 4.79 Å². The molecule has 1 unspecified atom stereocenters. The highest BCUT2D eigenvalue weighted by Gasteiger charge is 2.24. The van der Waals surface area contributed by atoms with Crippen LogP contribution in [0.4, 0.5) is 5.69 Å². The Morgan fingerprint density at radius 1 is 0.875 bits per heavy atom. The Bertz CT molecular complexity index is 788. The molecule has 0 saturated heterocycles. The first-order valence-electron chi connectivity index (χ1n) is 11.6. The number of hydrogen-bond donors (Lipinski definition) is 0. The molecule has 0 aliphatic rings. The van der Waals surface area contributed by atoms with Crippen molar-refractivity contribution in [3.63, 3.8) is 0 Å². The molecule has 2 aromatic rings. The average molecular weight is 443 g/mol. The van der Waals surface area contributed by atoms with Gasteiger partial charge in [0.15, 0.2) is 6.61 Å². The van der Waals surface area contributed by atoms with Gasteiger partial charge in [-0.25, -0.2) is 0 Å². The first-order chi connectivity index (χ1) is 15.5. The smallest absolute Gasteiger partial charge is 0.265 e. The van der Waals surface area contributed by atoms with Gasteiger partial charge >= 0.3 is 0 Å². The summed E-state index contributed by atoms with van der Waals surface area (Å²) in [6, 6.07) is 15.0. The van der Waals surface area contributed by atoms with Crippen molar-refractivity contribution in [3.8, 4) is 17.2 Å². The van der Waals surface area contributed by atoms with E-state index in [1.165, 1.54) is 0 Å². The van der Waals surface area contributed by atoms with Gasteiger partial charge in [-0.05, 0) is 75.0 Å². The molecule has 0 heterocycles. The molecule has 0 aromatic heterocycles. The number of carbonyl (C=O) groups is 1. The standard InChI is InChI=1S/C26H38N2O4/c1-6-9-18-31-24-14-16-25(17-15-24)32-20-26(29)28(21(4)19-27(7-2)8-3)22-10-12-23(30-5)13-11-22/h10-17,21H,6-9,18-20H2,1-5H3. The second-order valence-electron chi connectivity index (χ2n) is 7.76. The molecule has 0 N–H and O–H groups in total. The molecule has 0 bridgehead atoms. The number of ether oxygens (including phenoxy) is 3. The highest BCUT2D eigenvalue weighted by molar-refractivity contribution is 5.95. The number of methoxy groups -OCH3 is 1.